The first kappa shape index (κ1) is 25.1. The van der Waals surface area contributed by atoms with Crippen molar-refractivity contribution in [1.29, 1.82) is 0 Å². The molecule has 0 atom stereocenters. The molecule has 4 aromatic carbocycles. The Hall–Kier alpha value is -5.92. The van der Waals surface area contributed by atoms with Crippen molar-refractivity contribution in [3.63, 3.8) is 0 Å². The van der Waals surface area contributed by atoms with E-state index in [1.165, 1.54) is 18.2 Å². The standard InChI is InChI=1S/C28H26N10O4/c29-10-1-2-16(39)21-17(10)34-18-11(30)5-9(25(40)22(18)36-21)8-28(3-4-28)38-15-7-13(32)20-24(27(15)42)37-23-19(35-20)12(31)6-14(33)26(23)41/h1-2,5-7,38-42H,3-4,8,29-33H2. The summed E-state index contributed by atoms with van der Waals surface area (Å²) in [4.78, 5) is 17.8. The minimum Gasteiger partial charge on any atom is -0.506 e. The summed E-state index contributed by atoms with van der Waals surface area (Å²) in [6.45, 7) is 0. The molecule has 2 heterocycles. The molecule has 0 aliphatic heterocycles. The Kier molecular flexibility index (Phi) is 4.95. The first-order chi connectivity index (χ1) is 20.0. The first-order valence-corrected chi connectivity index (χ1v) is 12.9. The Balaban J connectivity index is 1.30. The molecular weight excluding hydrogens is 540 g/mol. The van der Waals surface area contributed by atoms with E-state index in [-0.39, 0.29) is 89.9 Å². The van der Waals surface area contributed by atoms with Gasteiger partial charge >= 0.3 is 0 Å². The van der Waals surface area contributed by atoms with E-state index in [4.69, 9.17) is 28.7 Å². The van der Waals surface area contributed by atoms with E-state index in [0.29, 0.717) is 36.2 Å². The van der Waals surface area contributed by atoms with Crippen LogP contribution in [-0.2, 0) is 6.42 Å². The van der Waals surface area contributed by atoms with Crippen molar-refractivity contribution < 1.29 is 20.4 Å². The molecule has 0 spiro atoms. The van der Waals surface area contributed by atoms with Gasteiger partial charge in [0.25, 0.3) is 0 Å². The number of hydrogen-bond donors (Lipinski definition) is 10. The third kappa shape index (κ3) is 3.58. The largest absolute Gasteiger partial charge is 0.506 e. The summed E-state index contributed by atoms with van der Waals surface area (Å²) >= 11 is 0. The van der Waals surface area contributed by atoms with Gasteiger partial charge in [-0.2, -0.15) is 0 Å². The zero-order valence-electron chi connectivity index (χ0n) is 22.0. The van der Waals surface area contributed by atoms with E-state index in [0.717, 1.165) is 0 Å². The number of nitrogen functional groups attached to an aromatic ring is 5. The van der Waals surface area contributed by atoms with E-state index < -0.39 is 5.54 Å². The van der Waals surface area contributed by atoms with Crippen LogP contribution in [0.1, 0.15) is 18.4 Å². The van der Waals surface area contributed by atoms with Crippen molar-refractivity contribution in [3.05, 3.63) is 35.9 Å². The molecule has 14 nitrogen and oxygen atoms in total. The highest BCUT2D eigenvalue weighted by molar-refractivity contribution is 6.05. The number of aromatic nitrogens is 4. The highest BCUT2D eigenvalue weighted by atomic mass is 16.3. The van der Waals surface area contributed by atoms with Crippen LogP contribution in [0.5, 0.6) is 23.0 Å². The smallest absolute Gasteiger partial charge is 0.167 e. The molecule has 0 amide bonds. The summed E-state index contributed by atoms with van der Waals surface area (Å²) in [6.07, 6.45) is 1.73. The lowest BCUT2D eigenvalue weighted by atomic mass is 10.00. The second-order valence-corrected chi connectivity index (χ2v) is 10.7. The average Bonchev–Trinajstić information content (AvgIpc) is 3.72. The van der Waals surface area contributed by atoms with Gasteiger partial charge in [-0.05, 0) is 49.6 Å². The molecule has 1 aliphatic rings. The molecule has 1 fully saturated rings. The SMILES string of the molecule is Nc1cc(N)c2nc3c(N)cc(NC4(Cc5cc(N)c6nc7c(N)ccc(O)c7nc6c5O)CC4)c(O)c3nc2c1O. The molecule has 15 N–H and O–H groups in total. The Morgan fingerprint density at radius 3 is 1.76 bits per heavy atom. The summed E-state index contributed by atoms with van der Waals surface area (Å²) < 4.78 is 0. The maximum Gasteiger partial charge on any atom is 0.167 e. The predicted molar refractivity (Wildman–Crippen MR) is 162 cm³/mol. The molecule has 212 valence electrons. The summed E-state index contributed by atoms with van der Waals surface area (Å²) in [7, 11) is 0. The van der Waals surface area contributed by atoms with Crippen molar-refractivity contribution in [2.24, 2.45) is 0 Å². The molecule has 0 saturated heterocycles. The molecule has 6 aromatic rings. The Morgan fingerprint density at radius 2 is 1.10 bits per heavy atom. The number of phenols is 4. The molecule has 1 aliphatic carbocycles. The zero-order valence-corrected chi connectivity index (χ0v) is 22.0. The fourth-order valence-electron chi connectivity index (χ4n) is 5.39. The number of anilines is 6. The van der Waals surface area contributed by atoms with Gasteiger partial charge in [-0.3, -0.25) is 0 Å². The van der Waals surface area contributed by atoms with E-state index in [1.807, 2.05) is 0 Å². The van der Waals surface area contributed by atoms with Crippen LogP contribution in [0.3, 0.4) is 0 Å². The van der Waals surface area contributed by atoms with Crippen molar-refractivity contribution in [3.8, 4) is 23.0 Å². The molecule has 0 unspecified atom stereocenters. The van der Waals surface area contributed by atoms with Crippen LogP contribution in [0.25, 0.3) is 44.1 Å². The molecule has 14 heteroatoms. The summed E-state index contributed by atoms with van der Waals surface area (Å²) in [5.41, 5.74) is 33.1. The molecule has 42 heavy (non-hydrogen) atoms. The van der Waals surface area contributed by atoms with Gasteiger partial charge in [-0.25, -0.2) is 19.9 Å². The van der Waals surface area contributed by atoms with E-state index in [1.54, 1.807) is 12.1 Å². The second-order valence-electron chi connectivity index (χ2n) is 10.7. The summed E-state index contributed by atoms with van der Waals surface area (Å²) in [6, 6.07) is 7.48. The van der Waals surface area contributed by atoms with Crippen LogP contribution in [-0.4, -0.2) is 45.9 Å². The summed E-state index contributed by atoms with van der Waals surface area (Å²) in [5, 5.41) is 46.6. The van der Waals surface area contributed by atoms with Gasteiger partial charge in [0.05, 0.1) is 34.1 Å². The maximum absolute atomic E-state index is 11.2. The number of hydrogen-bond acceptors (Lipinski definition) is 14. The minimum absolute atomic E-state index is 0.0261. The van der Waals surface area contributed by atoms with Crippen molar-refractivity contribution >= 4 is 78.3 Å². The first-order valence-electron chi connectivity index (χ1n) is 12.9. The van der Waals surface area contributed by atoms with Gasteiger partial charge in [0.2, 0.25) is 0 Å². The highest BCUT2D eigenvalue weighted by Gasteiger charge is 2.44. The van der Waals surface area contributed by atoms with Crippen LogP contribution in [0.2, 0.25) is 0 Å². The van der Waals surface area contributed by atoms with Crippen LogP contribution >= 0.6 is 0 Å². The number of phenolic OH excluding ortho intramolecular Hbond substituents is 4. The predicted octanol–water partition coefficient (Wildman–Crippen LogP) is 2.80. The fraction of sp³-hybridized carbons (Fsp3) is 0.143. The van der Waals surface area contributed by atoms with Crippen molar-refractivity contribution in [2.45, 2.75) is 24.8 Å². The second kappa shape index (κ2) is 8.30. The van der Waals surface area contributed by atoms with Crippen LogP contribution in [0.15, 0.2) is 30.3 Å². The maximum atomic E-state index is 11.2. The number of fused-ring (bicyclic) bond motifs is 4. The van der Waals surface area contributed by atoms with Gasteiger partial charge < -0.3 is 54.4 Å². The Morgan fingerprint density at radius 1 is 0.571 bits per heavy atom. The lowest BCUT2D eigenvalue weighted by Crippen LogP contribution is -2.24. The van der Waals surface area contributed by atoms with Gasteiger partial charge in [-0.15, -0.1) is 0 Å². The van der Waals surface area contributed by atoms with Crippen LogP contribution < -0.4 is 34.0 Å². The third-order valence-electron chi connectivity index (χ3n) is 7.78. The number of aromatic hydroxyl groups is 4. The monoisotopic (exact) mass is 566 g/mol. The Bertz CT molecular complexity index is 2160. The van der Waals surface area contributed by atoms with Crippen molar-refractivity contribution in [1.82, 2.24) is 19.9 Å². The lowest BCUT2D eigenvalue weighted by molar-refractivity contribution is 0.469. The normalized spacial score (nSPS) is 14.2. The minimum atomic E-state index is -0.562. The number of benzene rings is 4. The van der Waals surface area contributed by atoms with E-state index >= 15 is 0 Å². The Labute approximate surface area is 236 Å². The number of rotatable bonds is 4. The summed E-state index contributed by atoms with van der Waals surface area (Å²) in [5.74, 6) is -0.794. The van der Waals surface area contributed by atoms with Gasteiger partial charge in [0, 0.05) is 11.1 Å². The molecule has 1 saturated carbocycles. The molecule has 0 bridgehead atoms. The zero-order chi connectivity index (χ0) is 29.7. The molecule has 7 rings (SSSR count). The molecular formula is C28H26N10O4. The number of nitrogens with one attached hydrogen (secondary N) is 1. The van der Waals surface area contributed by atoms with Crippen LogP contribution in [0, 0.1) is 0 Å². The fourth-order valence-corrected chi connectivity index (χ4v) is 5.39. The average molecular weight is 567 g/mol. The molecule has 2 aromatic heterocycles. The number of nitrogens with zero attached hydrogens (tertiary/aromatic N) is 4. The van der Waals surface area contributed by atoms with E-state index in [9.17, 15) is 20.4 Å². The topological polar surface area (TPSA) is 275 Å². The highest BCUT2D eigenvalue weighted by Crippen LogP contribution is 2.48. The van der Waals surface area contributed by atoms with Crippen LogP contribution in [0.4, 0.5) is 34.1 Å². The third-order valence-corrected chi connectivity index (χ3v) is 7.78. The van der Waals surface area contributed by atoms with Gasteiger partial charge in [0.1, 0.15) is 55.6 Å². The van der Waals surface area contributed by atoms with Gasteiger partial charge in [-0.1, -0.05) is 0 Å². The van der Waals surface area contributed by atoms with Gasteiger partial charge in [0.15, 0.2) is 11.5 Å². The molecule has 0 radical (unpaired) electrons. The van der Waals surface area contributed by atoms with Crippen molar-refractivity contribution in [2.75, 3.05) is 34.0 Å². The van der Waals surface area contributed by atoms with E-state index in [2.05, 4.69) is 25.3 Å². The quantitative estimate of drug-likeness (QED) is 0.0636. The lowest BCUT2D eigenvalue weighted by Gasteiger charge is -2.22. The number of nitrogens with two attached hydrogens (primary N) is 5.